The number of pyridine rings is 1. The number of hydrogen-bond donors (Lipinski definition) is 0. The second-order valence-corrected chi connectivity index (χ2v) is 3.86. The minimum atomic E-state index is -2.50. The Kier molecular flexibility index (Phi) is 6.25. The number of halogens is 3. The predicted octanol–water partition coefficient (Wildman–Crippen LogP) is -2.00. The first-order chi connectivity index (χ1) is 6.43. The van der Waals surface area contributed by atoms with Gasteiger partial charge in [-0.2, -0.15) is 0 Å². The van der Waals surface area contributed by atoms with Crippen LogP contribution in [-0.2, 0) is 4.79 Å². The molecular formula is C7H3Cl3NNaO3. The fourth-order valence-electron chi connectivity index (χ4n) is 0.609. The number of carboxylic acid groups (broad SMARTS) is 1. The van der Waals surface area contributed by atoms with E-state index in [0.29, 0.717) is 0 Å². The number of alkyl halides is 2. The van der Waals surface area contributed by atoms with Gasteiger partial charge in [-0.05, 0) is 12.1 Å². The van der Waals surface area contributed by atoms with Crippen molar-refractivity contribution in [3.05, 3.63) is 23.4 Å². The standard InChI is InChI=1S/C7H4Cl3NO3.Na/c8-4-2-1-3-11-5(4)14-7(9,10)6(12)13;/h1-3H,(H,12,13);/q;+1/p-1. The molecule has 15 heavy (non-hydrogen) atoms. The van der Waals surface area contributed by atoms with Crippen molar-refractivity contribution in [1.82, 2.24) is 4.98 Å². The van der Waals surface area contributed by atoms with Crippen LogP contribution in [0.4, 0.5) is 0 Å². The third kappa shape index (κ3) is 4.34. The first-order valence-corrected chi connectivity index (χ1v) is 4.45. The van der Waals surface area contributed by atoms with E-state index >= 15 is 0 Å². The van der Waals surface area contributed by atoms with Crippen molar-refractivity contribution in [1.29, 1.82) is 0 Å². The summed E-state index contributed by atoms with van der Waals surface area (Å²) in [5.74, 6) is -1.97. The maximum absolute atomic E-state index is 10.4. The van der Waals surface area contributed by atoms with Gasteiger partial charge in [-0.1, -0.05) is 34.8 Å². The van der Waals surface area contributed by atoms with Crippen LogP contribution in [0, 0.1) is 0 Å². The fraction of sp³-hybridized carbons (Fsp3) is 0.143. The summed E-state index contributed by atoms with van der Waals surface area (Å²) in [6.07, 6.45) is 1.35. The number of rotatable bonds is 3. The van der Waals surface area contributed by atoms with Gasteiger partial charge in [-0.3, -0.25) is 0 Å². The van der Waals surface area contributed by atoms with Crippen molar-refractivity contribution < 1.29 is 44.2 Å². The van der Waals surface area contributed by atoms with Crippen molar-refractivity contribution in [2.24, 2.45) is 0 Å². The van der Waals surface area contributed by atoms with Crippen LogP contribution in [0.25, 0.3) is 0 Å². The third-order valence-corrected chi connectivity index (χ3v) is 1.94. The number of nitrogens with zero attached hydrogens (tertiary/aromatic N) is 1. The van der Waals surface area contributed by atoms with Gasteiger partial charge in [-0.25, -0.2) is 4.98 Å². The molecule has 8 heteroatoms. The van der Waals surface area contributed by atoms with Crippen molar-refractivity contribution in [2.75, 3.05) is 0 Å². The maximum Gasteiger partial charge on any atom is 1.00 e. The molecule has 0 radical (unpaired) electrons. The molecule has 4 nitrogen and oxygen atoms in total. The van der Waals surface area contributed by atoms with Gasteiger partial charge < -0.3 is 14.6 Å². The van der Waals surface area contributed by atoms with Gasteiger partial charge in [0.15, 0.2) is 0 Å². The SMILES string of the molecule is O=C([O-])C(Cl)(Cl)Oc1ncccc1Cl.[Na+]. The Morgan fingerprint density at radius 1 is 1.53 bits per heavy atom. The van der Waals surface area contributed by atoms with E-state index in [9.17, 15) is 9.90 Å². The Hall–Kier alpha value is 0.290. The van der Waals surface area contributed by atoms with Crippen LogP contribution in [0.5, 0.6) is 5.88 Å². The minimum absolute atomic E-state index is 0. The Morgan fingerprint density at radius 2 is 2.13 bits per heavy atom. The van der Waals surface area contributed by atoms with Crippen LogP contribution in [0.3, 0.4) is 0 Å². The second-order valence-electron chi connectivity index (χ2n) is 2.20. The molecule has 1 aromatic rings. The topological polar surface area (TPSA) is 62.2 Å². The van der Waals surface area contributed by atoms with E-state index in [1.807, 2.05) is 0 Å². The zero-order chi connectivity index (χ0) is 10.8. The molecule has 0 saturated carbocycles. The molecule has 0 aliphatic carbocycles. The average Bonchev–Trinajstić information content (AvgIpc) is 2.08. The second kappa shape index (κ2) is 6.13. The number of ether oxygens (including phenoxy) is 1. The number of aromatic nitrogens is 1. The van der Waals surface area contributed by atoms with Crippen molar-refractivity contribution in [2.45, 2.75) is 4.52 Å². The van der Waals surface area contributed by atoms with Crippen LogP contribution >= 0.6 is 34.8 Å². The Morgan fingerprint density at radius 3 is 2.60 bits per heavy atom. The summed E-state index contributed by atoms with van der Waals surface area (Å²) in [5, 5.41) is 10.5. The van der Waals surface area contributed by atoms with Crippen molar-refractivity contribution >= 4 is 40.8 Å². The molecule has 0 saturated heterocycles. The average molecular weight is 278 g/mol. The predicted molar refractivity (Wildman–Crippen MR) is 49.3 cm³/mol. The van der Waals surface area contributed by atoms with E-state index in [4.69, 9.17) is 34.8 Å². The molecule has 0 aromatic carbocycles. The molecule has 1 rings (SSSR count). The van der Waals surface area contributed by atoms with Crippen LogP contribution in [-0.4, -0.2) is 15.5 Å². The summed E-state index contributed by atoms with van der Waals surface area (Å²) in [6.45, 7) is 0. The molecule has 0 aliphatic heterocycles. The Bertz CT molecular complexity index is 361. The Balaban J connectivity index is 0.00000196. The number of hydrogen-bond acceptors (Lipinski definition) is 4. The molecular weight excluding hydrogens is 275 g/mol. The van der Waals surface area contributed by atoms with Gasteiger partial charge >= 0.3 is 34.1 Å². The van der Waals surface area contributed by atoms with E-state index in [0.717, 1.165) is 0 Å². The maximum atomic E-state index is 10.4. The first kappa shape index (κ1) is 15.3. The molecule has 0 atom stereocenters. The summed E-state index contributed by atoms with van der Waals surface area (Å²) in [6, 6.07) is 2.99. The third-order valence-electron chi connectivity index (χ3n) is 1.19. The summed E-state index contributed by atoms with van der Waals surface area (Å²) < 4.78 is 2.12. The van der Waals surface area contributed by atoms with Gasteiger partial charge in [-0.15, -0.1) is 0 Å². The number of aliphatic carboxylic acids is 1. The summed E-state index contributed by atoms with van der Waals surface area (Å²) >= 11 is 16.1. The van der Waals surface area contributed by atoms with Gasteiger partial charge in [0, 0.05) is 6.20 Å². The molecule has 0 amide bonds. The van der Waals surface area contributed by atoms with Crippen LogP contribution in [0.2, 0.25) is 5.02 Å². The smallest absolute Gasteiger partial charge is 0.543 e. The quantitative estimate of drug-likeness (QED) is 0.474. The molecule has 0 unspecified atom stereocenters. The number of carbonyl (C=O) groups is 1. The normalized spacial score (nSPS) is 10.3. The molecule has 0 fully saturated rings. The first-order valence-electron chi connectivity index (χ1n) is 3.32. The van der Waals surface area contributed by atoms with E-state index < -0.39 is 10.5 Å². The van der Waals surface area contributed by atoms with E-state index in [2.05, 4.69) is 9.72 Å². The molecule has 0 N–H and O–H groups in total. The van der Waals surface area contributed by atoms with E-state index in [1.165, 1.54) is 12.3 Å². The van der Waals surface area contributed by atoms with Crippen LogP contribution < -0.4 is 39.4 Å². The summed E-state index contributed by atoms with van der Waals surface area (Å²) in [4.78, 5) is 14.0. The fourth-order valence-corrected chi connectivity index (χ4v) is 0.916. The van der Waals surface area contributed by atoms with Gasteiger partial charge in [0.2, 0.25) is 5.88 Å². The molecule has 76 valence electrons. The summed E-state index contributed by atoms with van der Waals surface area (Å²) in [5.41, 5.74) is 0. The van der Waals surface area contributed by atoms with Gasteiger partial charge in [0.1, 0.15) is 11.0 Å². The molecule has 0 spiro atoms. The van der Waals surface area contributed by atoms with Gasteiger partial charge in [0.05, 0.1) is 0 Å². The monoisotopic (exact) mass is 277 g/mol. The minimum Gasteiger partial charge on any atom is -0.543 e. The van der Waals surface area contributed by atoms with Gasteiger partial charge in [0.25, 0.3) is 0 Å². The zero-order valence-electron chi connectivity index (χ0n) is 7.54. The van der Waals surface area contributed by atoms with Crippen molar-refractivity contribution in [3.8, 4) is 5.88 Å². The molecule has 1 heterocycles. The molecule has 1 aromatic heterocycles. The van der Waals surface area contributed by atoms with Crippen molar-refractivity contribution in [3.63, 3.8) is 0 Å². The zero-order valence-corrected chi connectivity index (χ0v) is 11.8. The van der Waals surface area contributed by atoms with Crippen LogP contribution in [0.1, 0.15) is 0 Å². The Labute approximate surface area is 123 Å². The molecule has 0 bridgehead atoms. The number of carbonyl (C=O) groups excluding carboxylic acids is 1. The molecule has 0 aliphatic rings. The largest absolute Gasteiger partial charge is 1.00 e. The summed E-state index contributed by atoms with van der Waals surface area (Å²) in [7, 11) is 0. The number of carboxylic acids is 1. The van der Waals surface area contributed by atoms with E-state index in [1.54, 1.807) is 6.07 Å². The van der Waals surface area contributed by atoms with E-state index in [-0.39, 0.29) is 40.5 Å². The van der Waals surface area contributed by atoms with Crippen LogP contribution in [0.15, 0.2) is 18.3 Å².